The third-order valence-electron chi connectivity index (χ3n) is 3.85. The molecule has 0 spiro atoms. The van der Waals surface area contributed by atoms with Crippen LogP contribution in [-0.4, -0.2) is 46.5 Å². The van der Waals surface area contributed by atoms with Crippen molar-refractivity contribution in [2.24, 2.45) is 0 Å². The first-order valence-electron chi connectivity index (χ1n) is 7.07. The van der Waals surface area contributed by atoms with E-state index in [1.165, 1.54) is 0 Å². The van der Waals surface area contributed by atoms with Crippen LogP contribution >= 0.6 is 11.6 Å². The molecule has 1 aliphatic rings. The predicted molar refractivity (Wildman–Crippen MR) is 85.1 cm³/mol. The molecule has 1 fully saturated rings. The number of sulfonamides is 1. The second-order valence-electron chi connectivity index (χ2n) is 5.42. The van der Waals surface area contributed by atoms with Crippen molar-refractivity contribution in [2.75, 3.05) is 27.2 Å². The highest BCUT2D eigenvalue weighted by Crippen LogP contribution is 2.23. The fourth-order valence-electron chi connectivity index (χ4n) is 2.59. The van der Waals surface area contributed by atoms with Crippen molar-refractivity contribution in [1.82, 2.24) is 14.9 Å². The number of benzene rings is 1. The maximum Gasteiger partial charge on any atom is 0.242 e. The summed E-state index contributed by atoms with van der Waals surface area (Å²) in [6.07, 6.45) is 2.13. The van der Waals surface area contributed by atoms with Crippen LogP contribution in [0.3, 0.4) is 0 Å². The Kier molecular flexibility index (Phi) is 5.62. The average Bonchev–Trinajstić information content (AvgIpc) is 2.84. The van der Waals surface area contributed by atoms with E-state index in [9.17, 15) is 8.42 Å². The summed E-state index contributed by atoms with van der Waals surface area (Å²) < 4.78 is 27.6. The van der Waals surface area contributed by atoms with Crippen LogP contribution in [0.25, 0.3) is 0 Å². The number of nitrogens with zero attached hydrogens (tertiary/aromatic N) is 1. The van der Waals surface area contributed by atoms with Gasteiger partial charge in [-0.25, -0.2) is 13.1 Å². The second kappa shape index (κ2) is 7.07. The molecular formula is C14H22ClN3O2S. The van der Waals surface area contributed by atoms with Crippen molar-refractivity contribution in [3.8, 4) is 0 Å². The smallest absolute Gasteiger partial charge is 0.242 e. The summed E-state index contributed by atoms with van der Waals surface area (Å²) in [4.78, 5) is 2.33. The highest BCUT2D eigenvalue weighted by molar-refractivity contribution is 7.89. The van der Waals surface area contributed by atoms with Crippen molar-refractivity contribution in [1.29, 1.82) is 0 Å². The highest BCUT2D eigenvalue weighted by Gasteiger charge is 2.24. The van der Waals surface area contributed by atoms with Gasteiger partial charge in [-0.05, 0) is 51.2 Å². The Hall–Kier alpha value is -0.660. The molecule has 0 saturated carbocycles. The molecule has 0 aliphatic carbocycles. The van der Waals surface area contributed by atoms with E-state index in [-0.39, 0.29) is 16.0 Å². The van der Waals surface area contributed by atoms with E-state index in [0.29, 0.717) is 13.1 Å². The van der Waals surface area contributed by atoms with Gasteiger partial charge in [0.1, 0.15) is 4.90 Å². The molecule has 1 aliphatic heterocycles. The minimum Gasteiger partial charge on any atom is -0.316 e. The van der Waals surface area contributed by atoms with Gasteiger partial charge in [0.2, 0.25) is 10.0 Å². The molecule has 0 amide bonds. The number of hydrogen-bond acceptors (Lipinski definition) is 4. The minimum atomic E-state index is -3.58. The average molecular weight is 332 g/mol. The fraction of sp³-hybridized carbons (Fsp3) is 0.571. The number of hydrogen-bond donors (Lipinski definition) is 2. The third kappa shape index (κ3) is 4.17. The molecule has 7 heteroatoms. The first-order chi connectivity index (χ1) is 9.94. The molecule has 2 N–H and O–H groups in total. The van der Waals surface area contributed by atoms with E-state index in [2.05, 4.69) is 14.9 Å². The third-order valence-corrected chi connectivity index (χ3v) is 5.75. The largest absolute Gasteiger partial charge is 0.316 e. The monoisotopic (exact) mass is 331 g/mol. The van der Waals surface area contributed by atoms with Crippen LogP contribution in [-0.2, 0) is 16.6 Å². The van der Waals surface area contributed by atoms with E-state index in [1.807, 2.05) is 20.2 Å². The van der Waals surface area contributed by atoms with Crippen LogP contribution in [0.5, 0.6) is 0 Å². The van der Waals surface area contributed by atoms with E-state index >= 15 is 0 Å². The highest BCUT2D eigenvalue weighted by atomic mass is 35.5. The lowest BCUT2D eigenvalue weighted by atomic mass is 10.2. The molecule has 1 aromatic rings. The molecule has 5 nitrogen and oxygen atoms in total. The molecule has 0 bridgehead atoms. The molecule has 118 valence electrons. The Morgan fingerprint density at radius 3 is 2.81 bits per heavy atom. The molecule has 1 saturated heterocycles. The van der Waals surface area contributed by atoms with Gasteiger partial charge in [-0.1, -0.05) is 17.7 Å². The summed E-state index contributed by atoms with van der Waals surface area (Å²) in [7, 11) is 0.258. The van der Waals surface area contributed by atoms with Crippen LogP contribution in [0.1, 0.15) is 18.4 Å². The standard InChI is InChI=1S/C14H22ClN3O2S/c1-16-9-11-5-6-13(15)14(8-11)21(19,20)17-10-12-4-3-7-18(12)2/h5-6,8,12,16-17H,3-4,7,9-10H2,1-2H3. The van der Waals surface area contributed by atoms with Gasteiger partial charge in [0.05, 0.1) is 5.02 Å². The molecular weight excluding hydrogens is 310 g/mol. The predicted octanol–water partition coefficient (Wildman–Crippen LogP) is 1.43. The van der Waals surface area contributed by atoms with Crippen molar-refractivity contribution < 1.29 is 8.42 Å². The van der Waals surface area contributed by atoms with Gasteiger partial charge in [0.25, 0.3) is 0 Å². The maximum atomic E-state index is 12.4. The van der Waals surface area contributed by atoms with Gasteiger partial charge in [-0.15, -0.1) is 0 Å². The van der Waals surface area contributed by atoms with E-state index in [0.717, 1.165) is 24.9 Å². The molecule has 1 heterocycles. The summed E-state index contributed by atoms with van der Waals surface area (Å²) >= 11 is 6.05. The van der Waals surface area contributed by atoms with Crippen molar-refractivity contribution in [3.63, 3.8) is 0 Å². The molecule has 21 heavy (non-hydrogen) atoms. The Morgan fingerprint density at radius 2 is 2.19 bits per heavy atom. The number of likely N-dealkylation sites (N-methyl/N-ethyl adjacent to an activating group) is 1. The molecule has 0 radical (unpaired) electrons. The zero-order chi connectivity index (χ0) is 15.5. The molecule has 1 unspecified atom stereocenters. The zero-order valence-corrected chi connectivity index (χ0v) is 14.0. The lowest BCUT2D eigenvalue weighted by Crippen LogP contribution is -2.38. The Morgan fingerprint density at radius 1 is 1.43 bits per heavy atom. The van der Waals surface area contributed by atoms with Gasteiger partial charge in [0.15, 0.2) is 0 Å². The molecule has 0 aromatic heterocycles. The van der Waals surface area contributed by atoms with Crippen LogP contribution in [0.15, 0.2) is 23.1 Å². The van der Waals surface area contributed by atoms with Gasteiger partial charge >= 0.3 is 0 Å². The normalized spacial score (nSPS) is 20.0. The number of halogens is 1. The quantitative estimate of drug-likeness (QED) is 0.828. The lowest BCUT2D eigenvalue weighted by Gasteiger charge is -2.20. The van der Waals surface area contributed by atoms with Gasteiger partial charge in [-0.3, -0.25) is 0 Å². The molecule has 1 aromatic carbocycles. The summed E-state index contributed by atoms with van der Waals surface area (Å²) in [5.74, 6) is 0. The topological polar surface area (TPSA) is 61.4 Å². The number of rotatable bonds is 6. The summed E-state index contributed by atoms with van der Waals surface area (Å²) in [6, 6.07) is 5.34. The fourth-order valence-corrected chi connectivity index (χ4v) is 4.21. The van der Waals surface area contributed by atoms with E-state index < -0.39 is 10.0 Å². The van der Waals surface area contributed by atoms with E-state index in [4.69, 9.17) is 11.6 Å². The molecule has 1 atom stereocenters. The summed E-state index contributed by atoms with van der Waals surface area (Å²) in [5, 5.41) is 3.25. The second-order valence-corrected chi connectivity index (χ2v) is 7.57. The van der Waals surface area contributed by atoms with Crippen molar-refractivity contribution in [2.45, 2.75) is 30.3 Å². The van der Waals surface area contributed by atoms with Crippen LogP contribution in [0, 0.1) is 0 Å². The summed E-state index contributed by atoms with van der Waals surface area (Å²) in [5.41, 5.74) is 0.889. The minimum absolute atomic E-state index is 0.151. The first-order valence-corrected chi connectivity index (χ1v) is 8.93. The number of nitrogens with one attached hydrogen (secondary N) is 2. The lowest BCUT2D eigenvalue weighted by molar-refractivity contribution is 0.311. The van der Waals surface area contributed by atoms with Gasteiger partial charge < -0.3 is 10.2 Å². The first kappa shape index (κ1) is 16.7. The van der Waals surface area contributed by atoms with Crippen LogP contribution in [0.4, 0.5) is 0 Å². The molecule has 2 rings (SSSR count). The van der Waals surface area contributed by atoms with Crippen molar-refractivity contribution >= 4 is 21.6 Å². The van der Waals surface area contributed by atoms with Gasteiger partial charge in [0, 0.05) is 19.1 Å². The van der Waals surface area contributed by atoms with Crippen molar-refractivity contribution in [3.05, 3.63) is 28.8 Å². The summed E-state index contributed by atoms with van der Waals surface area (Å²) in [6.45, 7) is 2.04. The Labute approximate surface area is 131 Å². The maximum absolute atomic E-state index is 12.4. The van der Waals surface area contributed by atoms with Crippen LogP contribution < -0.4 is 10.0 Å². The van der Waals surface area contributed by atoms with E-state index in [1.54, 1.807) is 12.1 Å². The van der Waals surface area contributed by atoms with Crippen LogP contribution in [0.2, 0.25) is 5.02 Å². The zero-order valence-electron chi connectivity index (χ0n) is 12.4. The Bertz CT molecular complexity index is 592. The SMILES string of the molecule is CNCc1ccc(Cl)c(S(=O)(=O)NCC2CCCN2C)c1. The van der Waals surface area contributed by atoms with Gasteiger partial charge in [-0.2, -0.15) is 0 Å². The Balaban J connectivity index is 2.13. The number of likely N-dealkylation sites (tertiary alicyclic amines) is 1.